The van der Waals surface area contributed by atoms with Crippen LogP contribution >= 0.6 is 0 Å². The second-order valence-electron chi connectivity index (χ2n) is 5.47. The van der Waals surface area contributed by atoms with Gasteiger partial charge >= 0.3 is 0 Å². The summed E-state index contributed by atoms with van der Waals surface area (Å²) in [5.41, 5.74) is 0.676. The molecule has 1 aliphatic rings. The number of hydrogen-bond donors (Lipinski definition) is 1. The van der Waals surface area contributed by atoms with Crippen molar-refractivity contribution in [2.75, 3.05) is 13.1 Å². The summed E-state index contributed by atoms with van der Waals surface area (Å²) in [5.74, 6) is 0.184. The lowest BCUT2D eigenvalue weighted by Gasteiger charge is -2.32. The van der Waals surface area contributed by atoms with Crippen LogP contribution in [0.3, 0.4) is 0 Å². The largest absolute Gasteiger partial charge is 0.353 e. The van der Waals surface area contributed by atoms with Crippen LogP contribution < -0.4 is 5.32 Å². The molecule has 1 aromatic heterocycles. The lowest BCUT2D eigenvalue weighted by Crippen LogP contribution is -2.46. The van der Waals surface area contributed by atoms with E-state index >= 15 is 0 Å². The Hall–Kier alpha value is -1.91. The van der Waals surface area contributed by atoms with Crippen LogP contribution in [0.1, 0.15) is 49.4 Å². The molecule has 2 rings (SSSR count). The molecule has 0 aliphatic carbocycles. The number of carbonyl (C=O) groups is 2. The summed E-state index contributed by atoms with van der Waals surface area (Å²) in [7, 11) is 0. The van der Waals surface area contributed by atoms with Crippen LogP contribution in [-0.2, 0) is 4.79 Å². The van der Waals surface area contributed by atoms with Crippen LogP contribution in [0.25, 0.3) is 0 Å². The number of carbonyl (C=O) groups excluding carboxylic acids is 2. The fourth-order valence-electron chi connectivity index (χ4n) is 2.54. The zero-order chi connectivity index (χ0) is 15.1. The Bertz CT molecular complexity index is 468. The van der Waals surface area contributed by atoms with Crippen molar-refractivity contribution in [2.24, 2.45) is 0 Å². The van der Waals surface area contributed by atoms with E-state index in [0.717, 1.165) is 25.7 Å². The minimum Gasteiger partial charge on any atom is -0.353 e. The molecule has 0 bridgehead atoms. The number of aromatic nitrogens is 1. The maximum absolute atomic E-state index is 12.3. The second kappa shape index (κ2) is 7.76. The van der Waals surface area contributed by atoms with Gasteiger partial charge in [0.1, 0.15) is 0 Å². The molecular formula is C16H23N3O2. The number of nitrogens with one attached hydrogen (secondary N) is 1. The normalized spacial score (nSPS) is 15.8. The fraction of sp³-hybridized carbons (Fsp3) is 0.562. The van der Waals surface area contributed by atoms with Crippen molar-refractivity contribution < 1.29 is 9.59 Å². The molecule has 0 unspecified atom stereocenters. The molecule has 21 heavy (non-hydrogen) atoms. The van der Waals surface area contributed by atoms with Gasteiger partial charge in [0, 0.05) is 43.5 Å². The van der Waals surface area contributed by atoms with E-state index in [1.54, 1.807) is 24.5 Å². The summed E-state index contributed by atoms with van der Waals surface area (Å²) >= 11 is 0. The van der Waals surface area contributed by atoms with E-state index in [4.69, 9.17) is 0 Å². The van der Waals surface area contributed by atoms with Crippen LogP contribution in [0.5, 0.6) is 0 Å². The summed E-state index contributed by atoms with van der Waals surface area (Å²) in [6, 6.07) is 3.68. The summed E-state index contributed by atoms with van der Waals surface area (Å²) in [4.78, 5) is 29.8. The standard InChI is InChI=1S/C16H23N3O2/c1-2-3-4-15(20)18-14-7-11-19(12-8-14)16(21)13-5-9-17-10-6-13/h5-6,9-10,14H,2-4,7-8,11-12H2,1H3,(H,18,20). The molecule has 2 amide bonds. The van der Waals surface area contributed by atoms with Gasteiger partial charge in [0.25, 0.3) is 5.91 Å². The molecule has 1 fully saturated rings. The maximum atomic E-state index is 12.3. The van der Waals surface area contributed by atoms with Crippen molar-refractivity contribution in [3.05, 3.63) is 30.1 Å². The van der Waals surface area contributed by atoms with Crippen LogP contribution in [0.15, 0.2) is 24.5 Å². The Balaban J connectivity index is 1.78. The van der Waals surface area contributed by atoms with Crippen molar-refractivity contribution in [1.29, 1.82) is 0 Å². The zero-order valence-electron chi connectivity index (χ0n) is 12.5. The minimum atomic E-state index is 0.0492. The molecule has 0 radical (unpaired) electrons. The number of nitrogens with zero attached hydrogens (tertiary/aromatic N) is 2. The molecule has 1 saturated heterocycles. The number of unbranched alkanes of at least 4 members (excludes halogenated alkanes) is 1. The SMILES string of the molecule is CCCCC(=O)NC1CCN(C(=O)c2ccncc2)CC1. The molecule has 1 aromatic rings. The van der Waals surface area contributed by atoms with E-state index in [0.29, 0.717) is 25.1 Å². The van der Waals surface area contributed by atoms with Gasteiger partial charge in [-0.3, -0.25) is 14.6 Å². The first-order valence-electron chi connectivity index (χ1n) is 7.69. The Morgan fingerprint density at radius 2 is 1.95 bits per heavy atom. The number of piperidine rings is 1. The Kier molecular flexibility index (Phi) is 5.72. The molecule has 2 heterocycles. The van der Waals surface area contributed by atoms with Crippen molar-refractivity contribution in [3.8, 4) is 0 Å². The molecular weight excluding hydrogens is 266 g/mol. The summed E-state index contributed by atoms with van der Waals surface area (Å²) in [6.45, 7) is 3.47. The quantitative estimate of drug-likeness (QED) is 0.901. The van der Waals surface area contributed by atoms with Gasteiger partial charge < -0.3 is 10.2 Å². The van der Waals surface area contributed by atoms with Gasteiger partial charge in [0.15, 0.2) is 0 Å². The molecule has 1 aliphatic heterocycles. The number of amides is 2. The Morgan fingerprint density at radius 1 is 1.29 bits per heavy atom. The number of hydrogen-bond acceptors (Lipinski definition) is 3. The average Bonchev–Trinajstić information content (AvgIpc) is 2.54. The topological polar surface area (TPSA) is 62.3 Å². The lowest BCUT2D eigenvalue weighted by atomic mass is 10.0. The van der Waals surface area contributed by atoms with Crippen LogP contribution in [0.4, 0.5) is 0 Å². The van der Waals surface area contributed by atoms with Crippen LogP contribution in [-0.4, -0.2) is 40.8 Å². The zero-order valence-corrected chi connectivity index (χ0v) is 12.5. The molecule has 0 saturated carbocycles. The van der Waals surface area contributed by atoms with Gasteiger partial charge in [-0.05, 0) is 31.4 Å². The second-order valence-corrected chi connectivity index (χ2v) is 5.47. The van der Waals surface area contributed by atoms with E-state index in [1.165, 1.54) is 0 Å². The third-order valence-electron chi connectivity index (χ3n) is 3.83. The highest BCUT2D eigenvalue weighted by Crippen LogP contribution is 2.14. The highest BCUT2D eigenvalue weighted by molar-refractivity contribution is 5.94. The molecule has 0 aromatic carbocycles. The van der Waals surface area contributed by atoms with Crippen molar-refractivity contribution >= 4 is 11.8 Å². The maximum Gasteiger partial charge on any atom is 0.253 e. The monoisotopic (exact) mass is 289 g/mol. The highest BCUT2D eigenvalue weighted by Gasteiger charge is 2.24. The van der Waals surface area contributed by atoms with Crippen molar-refractivity contribution in [2.45, 2.75) is 45.1 Å². The number of rotatable bonds is 5. The first kappa shape index (κ1) is 15.5. The first-order valence-corrected chi connectivity index (χ1v) is 7.69. The Morgan fingerprint density at radius 3 is 2.57 bits per heavy atom. The predicted octanol–water partition coefficient (Wildman–Crippen LogP) is 1.99. The van der Waals surface area contributed by atoms with Gasteiger partial charge in [0.05, 0.1) is 0 Å². The molecule has 114 valence electrons. The summed E-state index contributed by atoms with van der Waals surface area (Å²) < 4.78 is 0. The lowest BCUT2D eigenvalue weighted by molar-refractivity contribution is -0.122. The fourth-order valence-corrected chi connectivity index (χ4v) is 2.54. The predicted molar refractivity (Wildman–Crippen MR) is 80.8 cm³/mol. The van der Waals surface area contributed by atoms with E-state index in [-0.39, 0.29) is 17.9 Å². The van der Waals surface area contributed by atoms with Gasteiger partial charge in [0.2, 0.25) is 5.91 Å². The van der Waals surface area contributed by atoms with E-state index in [9.17, 15) is 9.59 Å². The number of pyridine rings is 1. The molecule has 5 heteroatoms. The Labute approximate surface area is 125 Å². The van der Waals surface area contributed by atoms with E-state index in [2.05, 4.69) is 17.2 Å². The van der Waals surface area contributed by atoms with Gasteiger partial charge in [-0.1, -0.05) is 13.3 Å². The average molecular weight is 289 g/mol. The highest BCUT2D eigenvalue weighted by atomic mass is 16.2. The van der Waals surface area contributed by atoms with Gasteiger partial charge in [-0.2, -0.15) is 0 Å². The summed E-state index contributed by atoms with van der Waals surface area (Å²) in [6.07, 6.45) is 7.50. The van der Waals surface area contributed by atoms with Crippen LogP contribution in [0, 0.1) is 0 Å². The van der Waals surface area contributed by atoms with E-state index < -0.39 is 0 Å². The van der Waals surface area contributed by atoms with Crippen LogP contribution in [0.2, 0.25) is 0 Å². The molecule has 5 nitrogen and oxygen atoms in total. The molecule has 0 atom stereocenters. The summed E-state index contributed by atoms with van der Waals surface area (Å²) in [5, 5.41) is 3.07. The smallest absolute Gasteiger partial charge is 0.253 e. The molecule has 1 N–H and O–H groups in total. The van der Waals surface area contributed by atoms with Gasteiger partial charge in [-0.15, -0.1) is 0 Å². The van der Waals surface area contributed by atoms with Crippen molar-refractivity contribution in [1.82, 2.24) is 15.2 Å². The van der Waals surface area contributed by atoms with Crippen molar-refractivity contribution in [3.63, 3.8) is 0 Å². The molecule has 0 spiro atoms. The third kappa shape index (κ3) is 4.55. The number of likely N-dealkylation sites (tertiary alicyclic amines) is 1. The van der Waals surface area contributed by atoms with Gasteiger partial charge in [-0.25, -0.2) is 0 Å². The first-order chi connectivity index (χ1) is 10.2. The third-order valence-corrected chi connectivity index (χ3v) is 3.83. The minimum absolute atomic E-state index is 0.0492. The van der Waals surface area contributed by atoms with E-state index in [1.807, 2.05) is 4.90 Å².